The van der Waals surface area contributed by atoms with E-state index in [1.807, 2.05) is 13.0 Å². The molecule has 0 spiro atoms. The number of nitrogens with one attached hydrogen (secondary N) is 1. The summed E-state index contributed by atoms with van der Waals surface area (Å²) in [6, 6.07) is 5.42. The van der Waals surface area contributed by atoms with Crippen LogP contribution in [-0.4, -0.2) is 11.1 Å². The predicted octanol–water partition coefficient (Wildman–Crippen LogP) is 0.774. The van der Waals surface area contributed by atoms with Crippen molar-refractivity contribution in [1.82, 2.24) is 5.10 Å². The molecule has 6 nitrogen and oxygen atoms in total. The second-order valence-electron chi connectivity index (χ2n) is 4.71. The van der Waals surface area contributed by atoms with Crippen LogP contribution in [0.2, 0.25) is 0 Å². The lowest BCUT2D eigenvalue weighted by Gasteiger charge is -2.23. The fraction of sp³-hybridized carbons (Fsp3) is 0.417. The highest BCUT2D eigenvalue weighted by molar-refractivity contribution is 5.71. The Kier molecular flexibility index (Phi) is 2.43. The van der Waals surface area contributed by atoms with Crippen molar-refractivity contribution in [3.8, 4) is 0 Å². The van der Waals surface area contributed by atoms with Crippen molar-refractivity contribution in [2.45, 2.75) is 32.2 Å². The average Bonchev–Trinajstić information content (AvgIpc) is 2.29. The van der Waals surface area contributed by atoms with E-state index < -0.39 is 0 Å². The maximum atomic E-state index is 12.2. The van der Waals surface area contributed by atoms with Gasteiger partial charge >= 0.3 is 5.95 Å². The second-order valence-corrected chi connectivity index (χ2v) is 4.71. The number of aryl methyl sites for hydroxylation is 1. The number of para-hydroxylation sites is 1. The topological polar surface area (TPSA) is 78.8 Å². The molecule has 1 heterocycles. The molecule has 18 heavy (non-hydrogen) atoms. The molecule has 0 bridgehead atoms. The quantitative estimate of drug-likeness (QED) is 0.627. The molecule has 1 aliphatic rings. The van der Waals surface area contributed by atoms with Gasteiger partial charge in [-0.2, -0.15) is 0 Å². The minimum atomic E-state index is 0.0940. The molecule has 1 aromatic heterocycles. The lowest BCUT2D eigenvalue weighted by atomic mass is 9.93. The molecule has 1 fully saturated rings. The zero-order valence-electron chi connectivity index (χ0n) is 10.1. The molecule has 2 aromatic rings. The van der Waals surface area contributed by atoms with Crippen LogP contribution in [0.1, 0.15) is 24.8 Å². The summed E-state index contributed by atoms with van der Waals surface area (Å²) in [7, 11) is 0. The summed E-state index contributed by atoms with van der Waals surface area (Å²) < 4.78 is 0.720. The summed E-state index contributed by atoms with van der Waals surface area (Å²) in [5.41, 5.74) is 1.44. The molecule has 0 amide bonds. The smallest absolute Gasteiger partial charge is 0.461 e. The third-order valence-corrected chi connectivity index (χ3v) is 3.44. The lowest BCUT2D eigenvalue weighted by Crippen LogP contribution is -2.46. The zero-order chi connectivity index (χ0) is 12.7. The van der Waals surface area contributed by atoms with Crippen molar-refractivity contribution in [3.63, 3.8) is 0 Å². The molecular weight excluding hydrogens is 232 g/mol. The van der Waals surface area contributed by atoms with Crippen LogP contribution in [0.3, 0.4) is 0 Å². The molecule has 0 aliphatic heterocycles. The Bertz CT molecular complexity index is 611. The molecule has 0 radical (unpaired) electrons. The molecule has 1 N–H and O–H groups in total. The second kappa shape index (κ2) is 3.97. The van der Waals surface area contributed by atoms with E-state index in [1.54, 1.807) is 12.1 Å². The minimum Gasteiger partial charge on any atom is -0.739 e. The van der Waals surface area contributed by atoms with Crippen molar-refractivity contribution in [2.75, 3.05) is 5.32 Å². The van der Waals surface area contributed by atoms with E-state index >= 15 is 0 Å². The van der Waals surface area contributed by atoms with Gasteiger partial charge in [0.05, 0.1) is 6.04 Å². The van der Waals surface area contributed by atoms with E-state index in [0.29, 0.717) is 15.9 Å². The van der Waals surface area contributed by atoms with Crippen LogP contribution in [0, 0.1) is 17.3 Å². The minimum absolute atomic E-state index is 0.0940. The number of hydrogen-bond acceptors (Lipinski definition) is 4. The maximum absolute atomic E-state index is 12.2. The Morgan fingerprint density at radius 2 is 2.11 bits per heavy atom. The summed E-state index contributed by atoms with van der Waals surface area (Å²) in [6.07, 6.45) is 3.19. The number of benzene rings is 1. The van der Waals surface area contributed by atoms with Gasteiger partial charge in [0.1, 0.15) is 0 Å². The maximum Gasteiger partial charge on any atom is 0.461 e. The Balaban J connectivity index is 2.15. The summed E-state index contributed by atoms with van der Waals surface area (Å²) in [6.45, 7) is 1.81. The van der Waals surface area contributed by atoms with Gasteiger partial charge in [0.2, 0.25) is 5.10 Å². The van der Waals surface area contributed by atoms with Gasteiger partial charge in [0, 0.05) is 10.9 Å². The Morgan fingerprint density at radius 1 is 1.33 bits per heavy atom. The van der Waals surface area contributed by atoms with Gasteiger partial charge in [-0.15, -0.1) is 0 Å². The van der Waals surface area contributed by atoms with Crippen LogP contribution in [0.4, 0.5) is 5.95 Å². The fourth-order valence-electron chi connectivity index (χ4n) is 2.17. The highest BCUT2D eigenvalue weighted by Gasteiger charge is 2.27. The van der Waals surface area contributed by atoms with Crippen LogP contribution in [-0.2, 0) is 0 Å². The third kappa shape index (κ3) is 1.61. The number of aromatic nitrogens is 3. The average molecular weight is 246 g/mol. The first-order valence-corrected chi connectivity index (χ1v) is 6.06. The summed E-state index contributed by atoms with van der Waals surface area (Å²) >= 11 is 0. The Morgan fingerprint density at radius 3 is 2.78 bits per heavy atom. The molecule has 1 aromatic carbocycles. The van der Waals surface area contributed by atoms with Crippen LogP contribution in [0.15, 0.2) is 18.2 Å². The molecule has 0 saturated heterocycles. The highest BCUT2D eigenvalue weighted by atomic mass is 16.5. The normalized spacial score (nSPS) is 15.6. The number of rotatable bonds is 2. The van der Waals surface area contributed by atoms with Crippen molar-refractivity contribution < 1.29 is 9.58 Å². The third-order valence-electron chi connectivity index (χ3n) is 3.44. The first-order chi connectivity index (χ1) is 8.66. The van der Waals surface area contributed by atoms with Gasteiger partial charge in [-0.3, -0.25) is 5.32 Å². The Labute approximate surface area is 104 Å². The van der Waals surface area contributed by atoms with Crippen LogP contribution in [0.25, 0.3) is 11.0 Å². The molecule has 3 rings (SSSR count). The van der Waals surface area contributed by atoms with Gasteiger partial charge in [0.15, 0.2) is 5.52 Å². The number of anilines is 1. The van der Waals surface area contributed by atoms with E-state index in [1.165, 1.54) is 0 Å². The number of hydrogen-bond donors (Lipinski definition) is 1. The summed E-state index contributed by atoms with van der Waals surface area (Å²) in [4.78, 5) is 0.512. The van der Waals surface area contributed by atoms with Crippen LogP contribution < -0.4 is 14.9 Å². The SMILES string of the molecule is Cc1cccc2c1[n+]([O-])c(NC1CCC1)n[n+]2[O-]. The molecule has 94 valence electrons. The molecule has 0 atom stereocenters. The van der Waals surface area contributed by atoms with E-state index in [-0.39, 0.29) is 12.0 Å². The molecule has 1 aliphatic carbocycles. The number of nitrogens with zero attached hydrogens (tertiary/aromatic N) is 3. The molecule has 0 unspecified atom stereocenters. The van der Waals surface area contributed by atoms with Gasteiger partial charge in [-0.1, -0.05) is 12.1 Å². The van der Waals surface area contributed by atoms with E-state index in [0.717, 1.165) is 29.6 Å². The zero-order valence-corrected chi connectivity index (χ0v) is 10.1. The molecular formula is C12H14N4O2. The van der Waals surface area contributed by atoms with Gasteiger partial charge < -0.3 is 10.4 Å². The molecule has 6 heteroatoms. The van der Waals surface area contributed by atoms with Crippen molar-refractivity contribution in [3.05, 3.63) is 34.2 Å². The largest absolute Gasteiger partial charge is 0.739 e. The van der Waals surface area contributed by atoms with Crippen LogP contribution >= 0.6 is 0 Å². The summed E-state index contributed by atoms with van der Waals surface area (Å²) in [5, 5.41) is 30.8. The van der Waals surface area contributed by atoms with Crippen molar-refractivity contribution in [2.24, 2.45) is 0 Å². The van der Waals surface area contributed by atoms with Gasteiger partial charge in [-0.05, 0) is 31.7 Å². The van der Waals surface area contributed by atoms with E-state index in [4.69, 9.17) is 0 Å². The van der Waals surface area contributed by atoms with Crippen LogP contribution in [0.5, 0.6) is 0 Å². The highest BCUT2D eigenvalue weighted by Crippen LogP contribution is 2.21. The molecule has 1 saturated carbocycles. The Hall–Kier alpha value is -2.11. The first kappa shape index (κ1) is 11.0. The van der Waals surface area contributed by atoms with Gasteiger partial charge in [0.25, 0.3) is 5.52 Å². The summed E-state index contributed by atoms with van der Waals surface area (Å²) in [5.74, 6) is 0.0940. The lowest BCUT2D eigenvalue weighted by molar-refractivity contribution is -0.672. The van der Waals surface area contributed by atoms with Crippen molar-refractivity contribution in [1.29, 1.82) is 0 Å². The van der Waals surface area contributed by atoms with E-state index in [2.05, 4.69) is 10.4 Å². The first-order valence-electron chi connectivity index (χ1n) is 6.06. The number of fused-ring (bicyclic) bond motifs is 1. The van der Waals surface area contributed by atoms with Gasteiger partial charge in [-0.25, -0.2) is 4.73 Å². The van der Waals surface area contributed by atoms with Crippen molar-refractivity contribution >= 4 is 17.0 Å². The monoisotopic (exact) mass is 246 g/mol. The predicted molar refractivity (Wildman–Crippen MR) is 65.7 cm³/mol. The standard InChI is InChI=1S/C12H14N4O2/c1-8-4-2-7-10-11(8)15(17)12(14-16(10)18)13-9-5-3-6-9/h2,4,7,9H,3,5-6H2,1H3,(H,13,14). The van der Waals surface area contributed by atoms with E-state index in [9.17, 15) is 10.4 Å². The fourth-order valence-corrected chi connectivity index (χ4v) is 2.17.